The van der Waals surface area contributed by atoms with Crippen LogP contribution in [0.5, 0.6) is 0 Å². The number of carboxylic acid groups (broad SMARTS) is 1. The number of aliphatic carboxylic acids is 1. The summed E-state index contributed by atoms with van der Waals surface area (Å²) >= 11 is 0. The highest BCUT2D eigenvalue weighted by Gasteiger charge is 2.25. The van der Waals surface area contributed by atoms with E-state index in [-0.39, 0.29) is 17.3 Å². The number of hydrogen-bond acceptors (Lipinski definition) is 5. The maximum Gasteiger partial charge on any atom is 0.326 e. The minimum Gasteiger partial charge on any atom is -0.480 e. The number of nitrogens with one attached hydrogen (secondary N) is 1. The van der Waals surface area contributed by atoms with Crippen LogP contribution in [0.2, 0.25) is 0 Å². The third-order valence-electron chi connectivity index (χ3n) is 2.80. The van der Waals surface area contributed by atoms with Crippen molar-refractivity contribution in [2.45, 2.75) is 24.0 Å². The first-order chi connectivity index (χ1) is 10.2. The van der Waals surface area contributed by atoms with Crippen molar-refractivity contribution >= 4 is 21.9 Å². The van der Waals surface area contributed by atoms with Crippen LogP contribution >= 0.6 is 0 Å². The fourth-order valence-electron chi connectivity index (χ4n) is 1.53. The molecule has 0 saturated heterocycles. The number of carboxylic acids is 1. The molecule has 0 saturated carbocycles. The molecule has 0 aromatic carbocycles. The van der Waals surface area contributed by atoms with Crippen molar-refractivity contribution in [2.24, 2.45) is 0 Å². The van der Waals surface area contributed by atoms with Gasteiger partial charge in [-0.25, -0.2) is 17.5 Å². The van der Waals surface area contributed by atoms with Crippen molar-refractivity contribution < 1.29 is 27.5 Å². The monoisotopic (exact) mass is 330 g/mol. The maximum absolute atomic E-state index is 11.9. The van der Waals surface area contributed by atoms with E-state index in [2.05, 4.69) is 11.9 Å². The minimum absolute atomic E-state index is 0.175. The molecule has 22 heavy (non-hydrogen) atoms. The van der Waals surface area contributed by atoms with E-state index in [0.717, 1.165) is 10.4 Å². The van der Waals surface area contributed by atoms with Crippen LogP contribution in [0.4, 0.5) is 0 Å². The first-order valence-electron chi connectivity index (χ1n) is 6.37. The Hall–Kier alpha value is -2.13. The SMILES string of the molecule is C=CCCC(NC(=O)c1ccc(S(=O)(=O)N(C)C)o1)C(=O)O. The normalized spacial score (nSPS) is 12.9. The Morgan fingerprint density at radius 2 is 2.09 bits per heavy atom. The van der Waals surface area contributed by atoms with E-state index < -0.39 is 27.9 Å². The van der Waals surface area contributed by atoms with Gasteiger partial charge in [0.2, 0.25) is 5.09 Å². The van der Waals surface area contributed by atoms with Crippen molar-refractivity contribution in [3.8, 4) is 0 Å². The molecule has 0 aliphatic heterocycles. The Kier molecular flexibility index (Phi) is 5.89. The number of furan rings is 1. The number of allylic oxidation sites excluding steroid dienone is 1. The number of carbonyl (C=O) groups is 2. The van der Waals surface area contributed by atoms with Crippen LogP contribution in [0.15, 0.2) is 34.3 Å². The number of hydrogen-bond donors (Lipinski definition) is 2. The van der Waals surface area contributed by atoms with E-state index in [9.17, 15) is 18.0 Å². The van der Waals surface area contributed by atoms with Gasteiger partial charge in [0, 0.05) is 14.1 Å². The lowest BCUT2D eigenvalue weighted by molar-refractivity contribution is -0.139. The Balaban J connectivity index is 2.89. The smallest absolute Gasteiger partial charge is 0.326 e. The molecular formula is C13H18N2O6S. The van der Waals surface area contributed by atoms with Crippen LogP contribution in [-0.2, 0) is 14.8 Å². The van der Waals surface area contributed by atoms with Gasteiger partial charge < -0.3 is 14.8 Å². The molecule has 1 unspecified atom stereocenters. The first-order valence-corrected chi connectivity index (χ1v) is 7.81. The molecule has 122 valence electrons. The van der Waals surface area contributed by atoms with Crippen LogP contribution in [0.3, 0.4) is 0 Å². The topological polar surface area (TPSA) is 117 Å². The van der Waals surface area contributed by atoms with Gasteiger partial charge in [-0.05, 0) is 25.0 Å². The summed E-state index contributed by atoms with van der Waals surface area (Å²) < 4.78 is 29.6. The minimum atomic E-state index is -3.79. The highest BCUT2D eigenvalue weighted by atomic mass is 32.2. The van der Waals surface area contributed by atoms with Gasteiger partial charge in [0.1, 0.15) is 6.04 Å². The molecule has 9 heteroatoms. The van der Waals surface area contributed by atoms with Crippen LogP contribution < -0.4 is 5.32 Å². The second kappa shape index (κ2) is 7.23. The lowest BCUT2D eigenvalue weighted by Gasteiger charge is -2.12. The van der Waals surface area contributed by atoms with Gasteiger partial charge in [-0.3, -0.25) is 4.79 Å². The summed E-state index contributed by atoms with van der Waals surface area (Å²) in [6.45, 7) is 3.48. The van der Waals surface area contributed by atoms with Crippen molar-refractivity contribution in [3.05, 3.63) is 30.5 Å². The Bertz CT molecular complexity index is 662. The number of amides is 1. The van der Waals surface area contributed by atoms with Gasteiger partial charge in [0.05, 0.1) is 0 Å². The molecule has 1 atom stereocenters. The van der Waals surface area contributed by atoms with Gasteiger partial charge in [-0.15, -0.1) is 6.58 Å². The molecule has 1 heterocycles. The molecular weight excluding hydrogens is 312 g/mol. The largest absolute Gasteiger partial charge is 0.480 e. The van der Waals surface area contributed by atoms with Crippen LogP contribution in [0.1, 0.15) is 23.4 Å². The fourth-order valence-corrected chi connectivity index (χ4v) is 2.33. The van der Waals surface area contributed by atoms with Crippen LogP contribution in [0, 0.1) is 0 Å². The second-order valence-electron chi connectivity index (χ2n) is 4.64. The Morgan fingerprint density at radius 1 is 1.45 bits per heavy atom. The van der Waals surface area contributed by atoms with Crippen molar-refractivity contribution in [1.82, 2.24) is 9.62 Å². The molecule has 1 rings (SSSR count). The Morgan fingerprint density at radius 3 is 2.59 bits per heavy atom. The quantitative estimate of drug-likeness (QED) is 0.677. The van der Waals surface area contributed by atoms with Gasteiger partial charge >= 0.3 is 5.97 Å². The number of rotatable bonds is 8. The van der Waals surface area contributed by atoms with Gasteiger partial charge in [-0.1, -0.05) is 6.08 Å². The third kappa shape index (κ3) is 4.18. The van der Waals surface area contributed by atoms with Crippen molar-refractivity contribution in [2.75, 3.05) is 14.1 Å². The molecule has 0 spiro atoms. The van der Waals surface area contributed by atoms with Crippen LogP contribution in [0.25, 0.3) is 0 Å². The van der Waals surface area contributed by atoms with E-state index in [4.69, 9.17) is 9.52 Å². The molecule has 1 aromatic heterocycles. The molecule has 0 aliphatic rings. The zero-order valence-electron chi connectivity index (χ0n) is 12.3. The standard InChI is InChI=1S/C13H18N2O6S/c1-4-5-6-9(13(17)18)14-12(16)10-7-8-11(21-10)22(19,20)15(2)3/h4,7-9H,1,5-6H2,2-3H3,(H,14,16)(H,17,18). The van der Waals surface area contributed by atoms with E-state index in [1.807, 2.05) is 0 Å². The van der Waals surface area contributed by atoms with Gasteiger partial charge in [0.15, 0.2) is 5.76 Å². The maximum atomic E-state index is 11.9. The van der Waals surface area contributed by atoms with Crippen molar-refractivity contribution in [1.29, 1.82) is 0 Å². The molecule has 1 aromatic rings. The summed E-state index contributed by atoms with van der Waals surface area (Å²) in [5.74, 6) is -2.26. The molecule has 8 nitrogen and oxygen atoms in total. The number of nitrogens with zero attached hydrogens (tertiary/aromatic N) is 1. The van der Waals surface area contributed by atoms with Crippen LogP contribution in [-0.4, -0.2) is 49.8 Å². The summed E-state index contributed by atoms with van der Waals surface area (Å²) in [5.41, 5.74) is 0. The zero-order chi connectivity index (χ0) is 16.9. The summed E-state index contributed by atoms with van der Waals surface area (Å²) in [6, 6.07) is 1.21. The average Bonchev–Trinajstić information content (AvgIpc) is 2.93. The summed E-state index contributed by atoms with van der Waals surface area (Å²) in [4.78, 5) is 23.0. The molecule has 1 amide bonds. The summed E-state index contributed by atoms with van der Waals surface area (Å²) in [5, 5.41) is 10.9. The predicted octanol–water partition coefficient (Wildman–Crippen LogP) is 0.679. The summed E-state index contributed by atoms with van der Waals surface area (Å²) in [6.07, 6.45) is 2.13. The Labute approximate surface area is 128 Å². The second-order valence-corrected chi connectivity index (χ2v) is 6.72. The van der Waals surface area contributed by atoms with Gasteiger partial charge in [0.25, 0.3) is 15.9 Å². The van der Waals surface area contributed by atoms with E-state index in [1.54, 1.807) is 0 Å². The van der Waals surface area contributed by atoms with Gasteiger partial charge in [-0.2, -0.15) is 0 Å². The fraction of sp³-hybridized carbons (Fsp3) is 0.385. The highest BCUT2D eigenvalue weighted by Crippen LogP contribution is 2.17. The number of carbonyl (C=O) groups excluding carboxylic acids is 1. The lowest BCUT2D eigenvalue weighted by atomic mass is 10.1. The molecule has 0 bridgehead atoms. The van der Waals surface area contributed by atoms with Crippen molar-refractivity contribution in [3.63, 3.8) is 0 Å². The van der Waals surface area contributed by atoms with E-state index in [0.29, 0.717) is 6.42 Å². The molecule has 0 radical (unpaired) electrons. The predicted molar refractivity (Wildman–Crippen MR) is 77.9 cm³/mol. The summed E-state index contributed by atoms with van der Waals surface area (Å²) in [7, 11) is -1.14. The van der Waals surface area contributed by atoms with E-state index in [1.165, 1.54) is 26.2 Å². The molecule has 0 aliphatic carbocycles. The zero-order valence-corrected chi connectivity index (χ0v) is 13.1. The molecule has 2 N–H and O–H groups in total. The molecule has 0 fully saturated rings. The number of sulfonamides is 1. The third-order valence-corrected chi connectivity index (χ3v) is 4.49. The lowest BCUT2D eigenvalue weighted by Crippen LogP contribution is -2.40. The first kappa shape index (κ1) is 17.9. The highest BCUT2D eigenvalue weighted by molar-refractivity contribution is 7.88. The van der Waals surface area contributed by atoms with E-state index >= 15 is 0 Å². The average molecular weight is 330 g/mol.